The third-order valence-corrected chi connectivity index (χ3v) is 16.4. The summed E-state index contributed by atoms with van der Waals surface area (Å²) in [7, 11) is -17.5. The number of ether oxygens (including phenoxy) is 2. The molecule has 0 aliphatic carbocycles. The van der Waals surface area contributed by atoms with Crippen molar-refractivity contribution in [1.29, 1.82) is 5.26 Å². The lowest BCUT2D eigenvalue weighted by Crippen LogP contribution is -2.08. The Morgan fingerprint density at radius 1 is 0.609 bits per heavy atom. The third-order valence-electron chi connectivity index (χ3n) is 11.5. The minimum atomic E-state index is -4.32. The molecule has 29 nitrogen and oxygen atoms in total. The Morgan fingerprint density at radius 3 is 1.54 bits per heavy atom. The summed E-state index contributed by atoms with van der Waals surface area (Å²) < 4.78 is 161. The summed E-state index contributed by atoms with van der Waals surface area (Å²) >= 11 is 8.54. The number of pyridine rings is 1. The minimum absolute atomic E-state index is 0.0486. The molecule has 2 heterocycles. The monoisotopic (exact) mass is 1350 g/mol. The zero-order valence-corrected chi connectivity index (χ0v) is 52.5. The molecule has 0 bridgehead atoms. The molecule has 0 saturated carbocycles. The molecular weight excluding hydrogens is 1300 g/mol. The van der Waals surface area contributed by atoms with Crippen LogP contribution >= 0.6 is 35.1 Å². The van der Waals surface area contributed by atoms with Gasteiger partial charge in [-0.1, -0.05) is 11.6 Å². The molecule has 4 N–H and O–H groups in total. The molecule has 0 spiro atoms. The van der Waals surface area contributed by atoms with Gasteiger partial charge in [0.05, 0.1) is 76.1 Å². The van der Waals surface area contributed by atoms with Crippen LogP contribution in [0.5, 0.6) is 17.4 Å². The highest BCUT2D eigenvalue weighted by Gasteiger charge is 2.22. The minimum Gasteiger partial charge on any atom is -0.497 e. The lowest BCUT2D eigenvalue weighted by molar-refractivity contribution is 0.317. The van der Waals surface area contributed by atoms with Crippen molar-refractivity contribution in [3.8, 4) is 23.4 Å². The van der Waals surface area contributed by atoms with E-state index in [0.29, 0.717) is 82.5 Å². The number of hydrogen-bond donors (Lipinski definition) is 4. The normalized spacial score (nSPS) is 12.0. The SMILES string of the molecule is COc1ccc2c(c1)nc1c(C#N)c(C)c(N=Nc3cc(C)c(N=Nc4cc(C)c(N=Nc5cc(C)c(N=Nc6ccc(Cl)cc6)cc5SCCCS(=O)(=O)O)cc4SCCCS(=O)(=O)O)cc3OCCCS(=O)(=O)O)c(O)n12.O=S(=O)=O.O=S(=O)=O. The first kappa shape index (κ1) is 70.1. The van der Waals surface area contributed by atoms with E-state index < -0.39 is 68.8 Å². The number of hydrogen-bond acceptors (Lipinski definition) is 27. The maximum Gasteiger partial charge on any atom is 0.425 e. The van der Waals surface area contributed by atoms with Crippen molar-refractivity contribution in [2.24, 2.45) is 40.9 Å². The average molecular weight is 1350 g/mol. The fourth-order valence-corrected chi connectivity index (χ4v) is 11.4. The summed E-state index contributed by atoms with van der Waals surface area (Å²) in [5.41, 5.74) is 5.90. The van der Waals surface area contributed by atoms with E-state index >= 15 is 0 Å². The average Bonchev–Trinajstić information content (AvgIpc) is 1.66. The zero-order valence-electron chi connectivity index (χ0n) is 46.0. The quantitative estimate of drug-likeness (QED) is 0.0189. The smallest absolute Gasteiger partial charge is 0.425 e. The van der Waals surface area contributed by atoms with Crippen LogP contribution in [-0.2, 0) is 51.6 Å². The molecule has 0 fully saturated rings. The number of aromatic hydroxyl groups is 1. The summed E-state index contributed by atoms with van der Waals surface area (Å²) in [4.78, 5) is 5.67. The Bertz CT molecular complexity index is 4450. The topological polar surface area (TPSA) is 444 Å². The van der Waals surface area contributed by atoms with Gasteiger partial charge < -0.3 is 14.6 Å². The summed E-state index contributed by atoms with van der Waals surface area (Å²) in [5.74, 6) is -0.791. The highest BCUT2D eigenvalue weighted by molar-refractivity contribution is 7.99. The maximum atomic E-state index is 11.6. The Kier molecular flexibility index (Phi) is 25.6. The van der Waals surface area contributed by atoms with Crippen LogP contribution in [0, 0.1) is 39.0 Å². The molecular formula is C50H50ClN11O18S7. The lowest BCUT2D eigenvalue weighted by atomic mass is 10.1. The third kappa shape index (κ3) is 22.2. The van der Waals surface area contributed by atoms with E-state index in [9.17, 15) is 49.3 Å². The predicted octanol–water partition coefficient (Wildman–Crippen LogP) is 12.0. The van der Waals surface area contributed by atoms with Gasteiger partial charge in [-0.25, -0.2) is 4.98 Å². The molecule has 7 aromatic rings. The second-order valence-corrected chi connectivity index (χ2v) is 26.1. The van der Waals surface area contributed by atoms with Crippen LogP contribution in [-0.4, -0.2) is 121 Å². The number of aromatic nitrogens is 2. The van der Waals surface area contributed by atoms with Crippen molar-refractivity contribution in [2.45, 2.75) is 56.7 Å². The van der Waals surface area contributed by atoms with Gasteiger partial charge in [-0.15, -0.1) is 69.2 Å². The first-order valence-electron chi connectivity index (χ1n) is 24.6. The number of fused-ring (bicyclic) bond motifs is 3. The molecule has 0 aliphatic rings. The number of nitrogens with zero attached hydrogens (tertiary/aromatic N) is 11. The number of methoxy groups -OCH3 is 1. The first-order valence-corrected chi connectivity index (χ1v) is 33.8. The zero-order chi connectivity index (χ0) is 64.4. The van der Waals surface area contributed by atoms with Gasteiger partial charge in [0.1, 0.15) is 28.8 Å². The van der Waals surface area contributed by atoms with Gasteiger partial charge in [0.15, 0.2) is 11.3 Å². The van der Waals surface area contributed by atoms with E-state index in [4.69, 9.17) is 46.3 Å². The molecule has 0 saturated heterocycles. The van der Waals surface area contributed by atoms with Gasteiger partial charge >= 0.3 is 21.2 Å². The summed E-state index contributed by atoms with van der Waals surface area (Å²) in [6, 6.07) is 23.9. The van der Waals surface area contributed by atoms with E-state index in [1.807, 2.05) is 6.92 Å². The van der Waals surface area contributed by atoms with Crippen LogP contribution in [0.2, 0.25) is 5.02 Å². The van der Waals surface area contributed by atoms with Gasteiger partial charge in [0.2, 0.25) is 5.88 Å². The molecule has 0 aliphatic heterocycles. The largest absolute Gasteiger partial charge is 0.497 e. The fourth-order valence-electron chi connectivity index (χ4n) is 7.48. The van der Waals surface area contributed by atoms with Crippen LogP contribution in [0.25, 0.3) is 16.7 Å². The standard InChI is InChI=1S/C50H50ClN11O12S5.2O3S/c1-29-21-41(58-61-48-32(4)36(28-52)49-53-40-24-35(73-5)13-14-44(40)62(49)50(48)63)45(74-15-6-18-77(64,65)66)25-37(29)56-59-42-23-31(3)39(27-47(42)76-17-8-20-79(70,71)72)57-60-43-22-30(2)38(55-54-34-11-9-33(51)10-12-34)26-46(43)75-16-7-19-78(67,68)69;2*1-4(2)3/h9-14,21-27,63H,6-8,15-20H2,1-5H3,(H,64,65,66)(H,67,68,69)(H,70,71,72);;. The van der Waals surface area contributed by atoms with Crippen molar-refractivity contribution >= 4 is 149 Å². The van der Waals surface area contributed by atoms with Crippen LogP contribution in [0.1, 0.15) is 47.1 Å². The molecule has 37 heteroatoms. The second kappa shape index (κ2) is 31.8. The number of halogens is 1. The van der Waals surface area contributed by atoms with E-state index in [1.54, 1.807) is 93.6 Å². The molecule has 462 valence electrons. The number of benzene rings is 5. The second-order valence-electron chi connectivity index (χ2n) is 17.9. The highest BCUT2D eigenvalue weighted by atomic mass is 35.5. The Hall–Kier alpha value is -7.70. The molecule has 5 aromatic carbocycles. The molecule has 0 radical (unpaired) electrons. The molecule has 0 amide bonds. The molecule has 2 aromatic heterocycles. The lowest BCUT2D eigenvalue weighted by Gasteiger charge is -2.12. The number of nitriles is 1. The maximum absolute atomic E-state index is 11.6. The van der Waals surface area contributed by atoms with Gasteiger partial charge in [-0.05, 0) is 142 Å². The Labute approximate surface area is 514 Å². The van der Waals surface area contributed by atoms with Crippen LogP contribution in [0.3, 0.4) is 0 Å². The van der Waals surface area contributed by atoms with Gasteiger partial charge in [0, 0.05) is 32.5 Å². The predicted molar refractivity (Wildman–Crippen MR) is 321 cm³/mol. The summed E-state index contributed by atoms with van der Waals surface area (Å²) in [6.45, 7) is 6.68. The van der Waals surface area contributed by atoms with E-state index in [2.05, 4.69) is 52.0 Å². The van der Waals surface area contributed by atoms with Crippen LogP contribution < -0.4 is 9.47 Å². The first-order chi connectivity index (χ1) is 40.9. The van der Waals surface area contributed by atoms with Crippen LogP contribution in [0.4, 0.5) is 45.5 Å². The molecule has 87 heavy (non-hydrogen) atoms. The highest BCUT2D eigenvalue weighted by Crippen LogP contribution is 2.44. The summed E-state index contributed by atoms with van der Waals surface area (Å²) in [6.07, 6.45) is 0.105. The van der Waals surface area contributed by atoms with Gasteiger partial charge in [0.25, 0.3) is 30.4 Å². The van der Waals surface area contributed by atoms with E-state index in [-0.39, 0.29) is 77.1 Å². The molecule has 7 rings (SSSR count). The number of aryl methyl sites for hydroxylation is 3. The van der Waals surface area contributed by atoms with Crippen molar-refractivity contribution < 1.29 is 78.7 Å². The number of azo groups is 4. The molecule has 0 unspecified atom stereocenters. The van der Waals surface area contributed by atoms with Crippen molar-refractivity contribution in [3.05, 3.63) is 112 Å². The van der Waals surface area contributed by atoms with Crippen molar-refractivity contribution in [2.75, 3.05) is 42.5 Å². The Balaban J connectivity index is 0.00000162. The number of imidazole rings is 1. The summed E-state index contributed by atoms with van der Waals surface area (Å²) in [5, 5.41) is 58.3. The Morgan fingerprint density at radius 2 is 1.06 bits per heavy atom. The van der Waals surface area contributed by atoms with Crippen molar-refractivity contribution in [3.63, 3.8) is 0 Å². The van der Waals surface area contributed by atoms with Gasteiger partial charge in [-0.2, -0.15) is 51.0 Å². The van der Waals surface area contributed by atoms with Crippen LogP contribution in [0.15, 0.2) is 130 Å². The fraction of sp³-hybridized carbons (Fsp3) is 0.280. The van der Waals surface area contributed by atoms with E-state index in [0.717, 1.165) is 0 Å². The van der Waals surface area contributed by atoms with E-state index in [1.165, 1.54) is 41.1 Å². The number of rotatable bonds is 24. The number of thioether (sulfide) groups is 2. The molecule has 0 atom stereocenters. The van der Waals surface area contributed by atoms with Crippen molar-refractivity contribution in [1.82, 2.24) is 9.38 Å². The van der Waals surface area contributed by atoms with Gasteiger partial charge in [-0.3, -0.25) is 18.1 Å².